The van der Waals surface area contributed by atoms with Gasteiger partial charge < -0.3 is 4.40 Å². The number of nitrogens with zero attached hydrogens (tertiary/aromatic N) is 4. The van der Waals surface area contributed by atoms with Gasteiger partial charge in [0.25, 0.3) is 0 Å². The number of hydrogen-bond donors (Lipinski definition) is 1. The van der Waals surface area contributed by atoms with Crippen LogP contribution in [0.25, 0.3) is 17.7 Å². The number of fused-ring (bicyclic) bond motifs is 1. The van der Waals surface area contributed by atoms with Crippen molar-refractivity contribution >= 4 is 29.4 Å². The molecule has 3 aromatic heterocycles. The molecule has 0 saturated carbocycles. The number of nitrogens with one attached hydrogen (secondary N) is 1. The lowest BCUT2D eigenvalue weighted by Gasteiger charge is -1.94. The fourth-order valence-electron chi connectivity index (χ4n) is 2.70. The predicted molar refractivity (Wildman–Crippen MR) is 103 cm³/mol. The second-order valence-electron chi connectivity index (χ2n) is 5.81. The SMILES string of the molecule is N#Cc1c(CSc2n[nH]c(C=Cc3ccc(F)cc3)n2)cn2ccccc12. The van der Waals surface area contributed by atoms with E-state index in [1.165, 1.54) is 23.9 Å². The average molecular weight is 375 g/mol. The van der Waals surface area contributed by atoms with E-state index in [2.05, 4.69) is 21.3 Å². The molecule has 3 heterocycles. The number of aromatic amines is 1. The van der Waals surface area contributed by atoms with Crippen molar-refractivity contribution in [3.8, 4) is 6.07 Å². The second kappa shape index (κ2) is 7.48. The number of hydrogen-bond acceptors (Lipinski definition) is 4. The van der Waals surface area contributed by atoms with Gasteiger partial charge in [0.2, 0.25) is 5.16 Å². The zero-order chi connectivity index (χ0) is 18.6. The van der Waals surface area contributed by atoms with E-state index >= 15 is 0 Å². The first-order valence-electron chi connectivity index (χ1n) is 8.20. The topological polar surface area (TPSA) is 69.8 Å². The molecule has 0 aliphatic heterocycles. The Morgan fingerprint density at radius 3 is 2.85 bits per heavy atom. The van der Waals surface area contributed by atoms with Gasteiger partial charge in [0, 0.05) is 18.1 Å². The van der Waals surface area contributed by atoms with Gasteiger partial charge in [0.05, 0.1) is 11.1 Å². The molecule has 5 nitrogen and oxygen atoms in total. The van der Waals surface area contributed by atoms with Crippen LogP contribution in [0.3, 0.4) is 0 Å². The first kappa shape index (κ1) is 17.1. The number of nitriles is 1. The van der Waals surface area contributed by atoms with Crippen molar-refractivity contribution < 1.29 is 4.39 Å². The molecule has 0 amide bonds. The first-order chi connectivity index (χ1) is 13.2. The highest BCUT2D eigenvalue weighted by Gasteiger charge is 2.11. The molecule has 0 unspecified atom stereocenters. The molecule has 0 fully saturated rings. The second-order valence-corrected chi connectivity index (χ2v) is 6.75. The summed E-state index contributed by atoms with van der Waals surface area (Å²) in [4.78, 5) is 4.41. The van der Waals surface area contributed by atoms with Crippen LogP contribution in [0, 0.1) is 17.1 Å². The van der Waals surface area contributed by atoms with E-state index < -0.39 is 0 Å². The molecular formula is C20H14FN5S. The van der Waals surface area contributed by atoms with Crippen LogP contribution in [-0.4, -0.2) is 19.6 Å². The van der Waals surface area contributed by atoms with Gasteiger partial charge in [0.1, 0.15) is 17.7 Å². The number of H-pyrrole nitrogens is 1. The van der Waals surface area contributed by atoms with E-state index in [9.17, 15) is 9.65 Å². The van der Waals surface area contributed by atoms with E-state index in [1.54, 1.807) is 18.2 Å². The molecule has 4 rings (SSSR count). The third-order valence-electron chi connectivity index (χ3n) is 4.02. The lowest BCUT2D eigenvalue weighted by molar-refractivity contribution is 0.628. The van der Waals surface area contributed by atoms with Gasteiger partial charge >= 0.3 is 0 Å². The molecule has 0 bridgehead atoms. The lowest BCUT2D eigenvalue weighted by Crippen LogP contribution is -1.83. The van der Waals surface area contributed by atoms with Gasteiger partial charge in [-0.25, -0.2) is 9.37 Å². The van der Waals surface area contributed by atoms with Gasteiger partial charge in [-0.2, -0.15) is 5.26 Å². The molecule has 0 aliphatic rings. The molecule has 1 aromatic carbocycles. The fraction of sp³-hybridized carbons (Fsp3) is 0.0500. The average Bonchev–Trinajstić information content (AvgIpc) is 3.29. The summed E-state index contributed by atoms with van der Waals surface area (Å²) in [5.74, 6) is 0.953. The highest BCUT2D eigenvalue weighted by molar-refractivity contribution is 7.98. The smallest absolute Gasteiger partial charge is 0.209 e. The van der Waals surface area contributed by atoms with Crippen molar-refractivity contribution in [2.45, 2.75) is 10.9 Å². The van der Waals surface area contributed by atoms with E-state index in [4.69, 9.17) is 0 Å². The highest BCUT2D eigenvalue weighted by Crippen LogP contribution is 2.25. The van der Waals surface area contributed by atoms with E-state index in [-0.39, 0.29) is 5.82 Å². The molecule has 4 aromatic rings. The highest BCUT2D eigenvalue weighted by atomic mass is 32.2. The molecule has 132 valence electrons. The molecule has 0 saturated heterocycles. The Bertz CT molecular complexity index is 1150. The van der Waals surface area contributed by atoms with Crippen LogP contribution < -0.4 is 0 Å². The van der Waals surface area contributed by atoms with Crippen LogP contribution in [0.4, 0.5) is 4.39 Å². The van der Waals surface area contributed by atoms with Crippen molar-refractivity contribution in [1.82, 2.24) is 19.6 Å². The number of thioether (sulfide) groups is 1. The van der Waals surface area contributed by atoms with Crippen LogP contribution >= 0.6 is 11.8 Å². The Morgan fingerprint density at radius 1 is 1.19 bits per heavy atom. The standard InChI is InChI=1S/C20H14FN5S/c21-16-7-4-14(5-8-16)6-9-19-23-20(25-24-19)27-13-15-12-26-10-2-1-3-18(26)17(15)11-22/h1-10,12H,13H2,(H,23,24,25). The van der Waals surface area contributed by atoms with Crippen LogP contribution in [0.1, 0.15) is 22.5 Å². The molecule has 0 radical (unpaired) electrons. The normalized spacial score (nSPS) is 11.3. The predicted octanol–water partition coefficient (Wildman–Crippen LogP) is 4.53. The zero-order valence-electron chi connectivity index (χ0n) is 14.1. The third-order valence-corrected chi connectivity index (χ3v) is 4.91. The summed E-state index contributed by atoms with van der Waals surface area (Å²) in [5, 5.41) is 17.1. The van der Waals surface area contributed by atoms with Crippen molar-refractivity contribution in [3.63, 3.8) is 0 Å². The molecule has 27 heavy (non-hydrogen) atoms. The number of rotatable bonds is 5. The summed E-state index contributed by atoms with van der Waals surface area (Å²) >= 11 is 1.46. The van der Waals surface area contributed by atoms with Gasteiger partial charge in [-0.3, -0.25) is 5.10 Å². The maximum Gasteiger partial charge on any atom is 0.209 e. The third kappa shape index (κ3) is 3.76. The van der Waals surface area contributed by atoms with Crippen molar-refractivity contribution in [2.24, 2.45) is 0 Å². The molecule has 1 N–H and O–H groups in total. The maximum atomic E-state index is 12.9. The zero-order valence-corrected chi connectivity index (χ0v) is 14.9. The van der Waals surface area contributed by atoms with E-state index in [1.807, 2.05) is 41.1 Å². The Kier molecular flexibility index (Phi) is 4.73. The molecule has 0 aliphatic carbocycles. The molecule has 7 heteroatoms. The van der Waals surface area contributed by atoms with Crippen LogP contribution in [-0.2, 0) is 5.75 Å². The maximum absolute atomic E-state index is 12.9. The number of halogens is 1. The van der Waals surface area contributed by atoms with Crippen LogP contribution in [0.5, 0.6) is 0 Å². The number of pyridine rings is 1. The molecular weight excluding hydrogens is 361 g/mol. The van der Waals surface area contributed by atoms with Crippen LogP contribution in [0.15, 0.2) is 60.0 Å². The number of aromatic nitrogens is 4. The fourth-order valence-corrected chi connectivity index (χ4v) is 3.48. The minimum Gasteiger partial charge on any atom is -0.322 e. The summed E-state index contributed by atoms with van der Waals surface area (Å²) in [7, 11) is 0. The Morgan fingerprint density at radius 2 is 2.04 bits per heavy atom. The van der Waals surface area contributed by atoms with E-state index in [0.29, 0.717) is 22.3 Å². The first-order valence-corrected chi connectivity index (χ1v) is 9.19. The Hall–Kier alpha value is -3.37. The minimum absolute atomic E-state index is 0.263. The van der Waals surface area contributed by atoms with Crippen molar-refractivity contribution in [3.05, 3.63) is 83.2 Å². The minimum atomic E-state index is -0.263. The summed E-state index contributed by atoms with van der Waals surface area (Å²) in [6, 6.07) is 14.3. The van der Waals surface area contributed by atoms with Crippen molar-refractivity contribution in [1.29, 1.82) is 5.26 Å². The summed E-state index contributed by atoms with van der Waals surface area (Å²) < 4.78 is 14.9. The van der Waals surface area contributed by atoms with Gasteiger partial charge in [-0.05, 0) is 41.5 Å². The summed E-state index contributed by atoms with van der Waals surface area (Å²) in [5.41, 5.74) is 3.40. The van der Waals surface area contributed by atoms with Crippen LogP contribution in [0.2, 0.25) is 0 Å². The lowest BCUT2D eigenvalue weighted by atomic mass is 10.2. The molecule has 0 atom stereocenters. The Labute approximate surface area is 159 Å². The Balaban J connectivity index is 1.46. The van der Waals surface area contributed by atoms with E-state index in [0.717, 1.165) is 16.6 Å². The number of benzene rings is 1. The van der Waals surface area contributed by atoms with Crippen molar-refractivity contribution in [2.75, 3.05) is 0 Å². The largest absolute Gasteiger partial charge is 0.322 e. The van der Waals surface area contributed by atoms with Gasteiger partial charge in [0.15, 0.2) is 0 Å². The summed E-state index contributed by atoms with van der Waals surface area (Å²) in [6.45, 7) is 0. The quantitative estimate of drug-likeness (QED) is 0.520. The summed E-state index contributed by atoms with van der Waals surface area (Å²) in [6.07, 6.45) is 7.51. The monoisotopic (exact) mass is 375 g/mol. The molecule has 0 spiro atoms. The van der Waals surface area contributed by atoms with Gasteiger partial charge in [-0.1, -0.05) is 36.0 Å². The van der Waals surface area contributed by atoms with Gasteiger partial charge in [-0.15, -0.1) is 5.10 Å².